The van der Waals surface area contributed by atoms with Gasteiger partial charge in [-0.15, -0.1) is 0 Å². The molecule has 0 N–H and O–H groups in total. The van der Waals surface area contributed by atoms with Crippen molar-refractivity contribution in [3.05, 3.63) is 0 Å². The molecule has 2 nitrogen and oxygen atoms in total. The third-order valence-corrected chi connectivity index (χ3v) is 6.52. The Morgan fingerprint density at radius 3 is 1.47 bits per heavy atom. The Kier molecular flexibility index (Phi) is 22.7. The van der Waals surface area contributed by atoms with Gasteiger partial charge in [0.15, 0.2) is 0 Å². The van der Waals surface area contributed by atoms with E-state index in [1.54, 1.807) is 0 Å². The Bertz CT molecular complexity index is 353. The fourth-order valence-electron chi connectivity index (χ4n) is 4.33. The van der Waals surface area contributed by atoms with Crippen LogP contribution in [0.3, 0.4) is 0 Å². The molecular formula is C28H56O2. The van der Waals surface area contributed by atoms with Crippen LogP contribution in [0.5, 0.6) is 0 Å². The molecule has 0 aromatic heterocycles. The Labute approximate surface area is 190 Å². The highest BCUT2D eigenvalue weighted by Crippen LogP contribution is 2.19. The molecule has 30 heavy (non-hydrogen) atoms. The molecule has 0 amide bonds. The Morgan fingerprint density at radius 1 is 0.567 bits per heavy atom. The Morgan fingerprint density at radius 2 is 1.00 bits per heavy atom. The highest BCUT2D eigenvalue weighted by molar-refractivity contribution is 5.71. The van der Waals surface area contributed by atoms with E-state index >= 15 is 0 Å². The van der Waals surface area contributed by atoms with Gasteiger partial charge in [0.2, 0.25) is 0 Å². The fourth-order valence-corrected chi connectivity index (χ4v) is 4.33. The van der Waals surface area contributed by atoms with Gasteiger partial charge in [0.25, 0.3) is 0 Å². The zero-order valence-corrected chi connectivity index (χ0v) is 21.3. The zero-order chi connectivity index (χ0) is 22.3. The predicted molar refractivity (Wildman–Crippen MR) is 133 cm³/mol. The quantitative estimate of drug-likeness (QED) is 0.120. The summed E-state index contributed by atoms with van der Waals surface area (Å²) in [4.78, 5) is 12.4. The van der Waals surface area contributed by atoms with Crippen molar-refractivity contribution in [1.82, 2.24) is 0 Å². The SMILES string of the molecule is CCCCCCCCCCC(CCC)COC(=O)C(C)CCCCCCCCCC. The van der Waals surface area contributed by atoms with E-state index in [1.807, 2.05) is 0 Å². The lowest BCUT2D eigenvalue weighted by Crippen LogP contribution is -2.19. The average molecular weight is 425 g/mol. The Balaban J connectivity index is 3.76. The minimum atomic E-state index is 0.0370. The maximum absolute atomic E-state index is 12.4. The number of hydrogen-bond acceptors (Lipinski definition) is 2. The van der Waals surface area contributed by atoms with Gasteiger partial charge in [-0.05, 0) is 25.2 Å². The van der Waals surface area contributed by atoms with Crippen LogP contribution in [0.2, 0.25) is 0 Å². The summed E-state index contributed by atoms with van der Waals surface area (Å²) in [5, 5.41) is 0. The molecule has 0 bridgehead atoms. The van der Waals surface area contributed by atoms with Gasteiger partial charge in [0, 0.05) is 0 Å². The average Bonchev–Trinajstić information content (AvgIpc) is 2.75. The molecule has 2 heteroatoms. The first-order valence-corrected chi connectivity index (χ1v) is 13.8. The molecule has 0 heterocycles. The molecule has 0 fully saturated rings. The number of unbranched alkanes of at least 4 members (excludes halogenated alkanes) is 14. The third-order valence-electron chi connectivity index (χ3n) is 6.52. The molecule has 0 rings (SSSR count). The number of rotatable bonds is 23. The van der Waals surface area contributed by atoms with Gasteiger partial charge < -0.3 is 4.74 Å². The summed E-state index contributed by atoms with van der Waals surface area (Å²) in [5.74, 6) is 0.667. The highest BCUT2D eigenvalue weighted by Gasteiger charge is 2.16. The topological polar surface area (TPSA) is 26.3 Å². The predicted octanol–water partition coefficient (Wildman–Crippen LogP) is 9.64. The molecule has 0 aliphatic rings. The van der Waals surface area contributed by atoms with Crippen molar-refractivity contribution in [2.75, 3.05) is 6.61 Å². The molecule has 0 aromatic carbocycles. The van der Waals surface area contributed by atoms with Crippen LogP contribution < -0.4 is 0 Å². The lowest BCUT2D eigenvalue weighted by Gasteiger charge is -2.18. The molecule has 180 valence electrons. The van der Waals surface area contributed by atoms with Crippen LogP contribution in [0.15, 0.2) is 0 Å². The summed E-state index contributed by atoms with van der Waals surface area (Å²) >= 11 is 0. The number of carbonyl (C=O) groups is 1. The van der Waals surface area contributed by atoms with Crippen molar-refractivity contribution < 1.29 is 9.53 Å². The number of carbonyl (C=O) groups excluding carboxylic acids is 1. The summed E-state index contributed by atoms with van der Waals surface area (Å²) in [6, 6.07) is 0. The maximum atomic E-state index is 12.4. The van der Waals surface area contributed by atoms with Gasteiger partial charge in [-0.2, -0.15) is 0 Å². The first-order valence-electron chi connectivity index (χ1n) is 13.8. The first kappa shape index (κ1) is 29.5. The van der Waals surface area contributed by atoms with Crippen LogP contribution in [0.4, 0.5) is 0 Å². The summed E-state index contributed by atoms with van der Waals surface area (Å²) in [5.41, 5.74) is 0. The zero-order valence-electron chi connectivity index (χ0n) is 21.3. The minimum Gasteiger partial charge on any atom is -0.465 e. The summed E-state index contributed by atoms with van der Waals surface area (Å²) in [7, 11) is 0. The molecule has 0 saturated carbocycles. The highest BCUT2D eigenvalue weighted by atomic mass is 16.5. The molecule has 2 atom stereocenters. The minimum absolute atomic E-state index is 0.0370. The van der Waals surface area contributed by atoms with Gasteiger partial charge in [0.05, 0.1) is 12.5 Å². The number of hydrogen-bond donors (Lipinski definition) is 0. The van der Waals surface area contributed by atoms with E-state index in [0.29, 0.717) is 12.5 Å². The van der Waals surface area contributed by atoms with E-state index in [1.165, 1.54) is 122 Å². The van der Waals surface area contributed by atoms with Crippen molar-refractivity contribution in [2.45, 2.75) is 156 Å². The molecule has 0 spiro atoms. The van der Waals surface area contributed by atoms with Gasteiger partial charge in [0.1, 0.15) is 0 Å². The number of esters is 1. The molecule has 0 aliphatic carbocycles. The van der Waals surface area contributed by atoms with Crippen molar-refractivity contribution in [2.24, 2.45) is 11.8 Å². The maximum Gasteiger partial charge on any atom is 0.308 e. The van der Waals surface area contributed by atoms with Crippen LogP contribution in [0.25, 0.3) is 0 Å². The van der Waals surface area contributed by atoms with E-state index in [9.17, 15) is 4.79 Å². The molecule has 2 unspecified atom stereocenters. The van der Waals surface area contributed by atoms with Crippen molar-refractivity contribution >= 4 is 5.97 Å². The number of ether oxygens (including phenoxy) is 1. The molecule has 0 aliphatic heterocycles. The van der Waals surface area contributed by atoms with Crippen LogP contribution in [-0.4, -0.2) is 12.6 Å². The second kappa shape index (κ2) is 23.1. The van der Waals surface area contributed by atoms with Crippen LogP contribution in [0.1, 0.15) is 156 Å². The second-order valence-corrected chi connectivity index (χ2v) is 9.71. The summed E-state index contributed by atoms with van der Waals surface area (Å²) < 4.78 is 5.72. The largest absolute Gasteiger partial charge is 0.465 e. The van der Waals surface area contributed by atoms with Gasteiger partial charge in [-0.1, -0.05) is 137 Å². The summed E-state index contributed by atoms with van der Waals surface area (Å²) in [6.07, 6.45) is 26.1. The smallest absolute Gasteiger partial charge is 0.308 e. The van der Waals surface area contributed by atoms with E-state index in [0.717, 1.165) is 6.42 Å². The van der Waals surface area contributed by atoms with Gasteiger partial charge in [-0.3, -0.25) is 4.79 Å². The third kappa shape index (κ3) is 19.4. The lowest BCUT2D eigenvalue weighted by atomic mass is 9.96. The van der Waals surface area contributed by atoms with Crippen molar-refractivity contribution in [3.8, 4) is 0 Å². The molecule has 0 aromatic rings. The van der Waals surface area contributed by atoms with E-state index < -0.39 is 0 Å². The van der Waals surface area contributed by atoms with E-state index in [4.69, 9.17) is 4.74 Å². The van der Waals surface area contributed by atoms with Crippen LogP contribution >= 0.6 is 0 Å². The standard InChI is InChI=1S/C28H56O2/c1-5-8-10-12-14-16-18-20-23-26(4)28(29)30-25-27(22-7-3)24-21-19-17-15-13-11-9-6-2/h26-27H,5-25H2,1-4H3. The molecular weight excluding hydrogens is 368 g/mol. The Hall–Kier alpha value is -0.530. The van der Waals surface area contributed by atoms with Gasteiger partial charge >= 0.3 is 5.97 Å². The fraction of sp³-hybridized carbons (Fsp3) is 0.964. The van der Waals surface area contributed by atoms with E-state index in [-0.39, 0.29) is 11.9 Å². The second-order valence-electron chi connectivity index (χ2n) is 9.71. The normalized spacial score (nSPS) is 13.3. The molecule has 0 saturated heterocycles. The van der Waals surface area contributed by atoms with Crippen molar-refractivity contribution in [1.29, 1.82) is 0 Å². The van der Waals surface area contributed by atoms with Crippen LogP contribution in [-0.2, 0) is 9.53 Å². The monoisotopic (exact) mass is 424 g/mol. The van der Waals surface area contributed by atoms with Crippen LogP contribution in [0, 0.1) is 11.8 Å². The van der Waals surface area contributed by atoms with Crippen molar-refractivity contribution in [3.63, 3.8) is 0 Å². The first-order chi connectivity index (χ1) is 14.7. The summed E-state index contributed by atoms with van der Waals surface area (Å²) in [6.45, 7) is 9.48. The van der Waals surface area contributed by atoms with E-state index in [2.05, 4.69) is 27.7 Å². The lowest BCUT2D eigenvalue weighted by molar-refractivity contribution is -0.149. The van der Waals surface area contributed by atoms with Gasteiger partial charge in [-0.25, -0.2) is 0 Å². The molecule has 0 radical (unpaired) electrons.